The first kappa shape index (κ1) is 16.6. The summed E-state index contributed by atoms with van der Waals surface area (Å²) in [5, 5.41) is 3.87. The SMILES string of the molecule is Cc1ccc(C)c(CC(=O)N2CCN(C)[C@H](c3nc(C)no3)C2)c1. The summed E-state index contributed by atoms with van der Waals surface area (Å²) >= 11 is 0. The monoisotopic (exact) mass is 328 g/mol. The normalized spacial score (nSPS) is 18.8. The largest absolute Gasteiger partial charge is 0.339 e. The minimum Gasteiger partial charge on any atom is -0.339 e. The molecule has 2 aromatic rings. The highest BCUT2D eigenvalue weighted by atomic mass is 16.5. The van der Waals surface area contributed by atoms with E-state index in [0.29, 0.717) is 24.7 Å². The number of hydrogen-bond donors (Lipinski definition) is 0. The Bertz CT molecular complexity index is 740. The van der Waals surface area contributed by atoms with Gasteiger partial charge in [0.25, 0.3) is 0 Å². The van der Waals surface area contributed by atoms with Gasteiger partial charge in [-0.15, -0.1) is 0 Å². The summed E-state index contributed by atoms with van der Waals surface area (Å²) < 4.78 is 5.31. The third-order valence-corrected chi connectivity index (χ3v) is 4.68. The van der Waals surface area contributed by atoms with Crippen molar-refractivity contribution >= 4 is 5.91 Å². The molecule has 128 valence electrons. The van der Waals surface area contributed by atoms with Gasteiger partial charge < -0.3 is 9.42 Å². The number of aryl methyl sites for hydroxylation is 3. The Morgan fingerprint density at radius 3 is 2.79 bits per heavy atom. The zero-order chi connectivity index (χ0) is 17.3. The number of nitrogens with zero attached hydrogens (tertiary/aromatic N) is 4. The quantitative estimate of drug-likeness (QED) is 0.863. The van der Waals surface area contributed by atoms with Gasteiger partial charge in [0.05, 0.1) is 6.42 Å². The van der Waals surface area contributed by atoms with Crippen LogP contribution in [0, 0.1) is 20.8 Å². The molecule has 0 N–H and O–H groups in total. The van der Waals surface area contributed by atoms with E-state index in [1.807, 2.05) is 11.9 Å². The van der Waals surface area contributed by atoms with Gasteiger partial charge in [-0.1, -0.05) is 28.9 Å². The van der Waals surface area contributed by atoms with Gasteiger partial charge >= 0.3 is 0 Å². The molecule has 1 aliphatic heterocycles. The van der Waals surface area contributed by atoms with Gasteiger partial charge in [0.2, 0.25) is 11.8 Å². The molecular weight excluding hydrogens is 304 g/mol. The molecule has 24 heavy (non-hydrogen) atoms. The van der Waals surface area contributed by atoms with E-state index < -0.39 is 0 Å². The predicted molar refractivity (Wildman–Crippen MR) is 90.6 cm³/mol. The summed E-state index contributed by atoms with van der Waals surface area (Å²) in [6, 6.07) is 6.21. The van der Waals surface area contributed by atoms with Crippen LogP contribution in [-0.2, 0) is 11.2 Å². The fraction of sp³-hybridized carbons (Fsp3) is 0.500. The van der Waals surface area contributed by atoms with Crippen LogP contribution in [0.25, 0.3) is 0 Å². The molecule has 0 radical (unpaired) electrons. The van der Waals surface area contributed by atoms with Crippen molar-refractivity contribution in [2.24, 2.45) is 0 Å². The minimum absolute atomic E-state index is 0.0393. The van der Waals surface area contributed by atoms with E-state index in [1.54, 1.807) is 6.92 Å². The highest BCUT2D eigenvalue weighted by Gasteiger charge is 2.32. The van der Waals surface area contributed by atoms with Crippen LogP contribution in [0.2, 0.25) is 0 Å². The molecule has 1 aromatic carbocycles. The second-order valence-corrected chi connectivity index (χ2v) is 6.62. The van der Waals surface area contributed by atoms with Gasteiger partial charge in [-0.25, -0.2) is 0 Å². The van der Waals surface area contributed by atoms with Gasteiger partial charge in [0.15, 0.2) is 5.82 Å². The summed E-state index contributed by atoms with van der Waals surface area (Å²) in [7, 11) is 2.02. The number of piperazine rings is 1. The molecule has 1 amide bonds. The van der Waals surface area contributed by atoms with Crippen LogP contribution in [0.1, 0.15) is 34.4 Å². The number of carbonyl (C=O) groups excluding carboxylic acids is 1. The van der Waals surface area contributed by atoms with Crippen molar-refractivity contribution in [3.05, 3.63) is 46.6 Å². The fourth-order valence-electron chi connectivity index (χ4n) is 3.08. The number of rotatable bonds is 3. The van der Waals surface area contributed by atoms with E-state index in [0.717, 1.165) is 24.2 Å². The third-order valence-electron chi connectivity index (χ3n) is 4.68. The molecule has 1 aliphatic rings. The Morgan fingerprint density at radius 1 is 1.29 bits per heavy atom. The standard InChI is InChI=1S/C18H24N4O2/c1-12-5-6-13(2)15(9-12)10-17(23)22-8-7-21(4)16(11-22)18-19-14(3)20-24-18/h5-6,9,16H,7-8,10-11H2,1-4H3/t16-/m0/s1. The number of carbonyl (C=O) groups is 1. The molecular formula is C18H24N4O2. The molecule has 0 spiro atoms. The number of hydrogen-bond acceptors (Lipinski definition) is 5. The van der Waals surface area contributed by atoms with E-state index in [9.17, 15) is 4.79 Å². The van der Waals surface area contributed by atoms with Crippen LogP contribution in [0.3, 0.4) is 0 Å². The maximum atomic E-state index is 12.8. The molecule has 0 saturated carbocycles. The van der Waals surface area contributed by atoms with Crippen LogP contribution in [0.15, 0.2) is 22.7 Å². The summed E-state index contributed by atoms with van der Waals surface area (Å²) in [4.78, 5) is 21.2. The molecule has 0 unspecified atom stereocenters. The lowest BCUT2D eigenvalue weighted by molar-refractivity contribution is -0.133. The zero-order valence-corrected chi connectivity index (χ0v) is 14.7. The van der Waals surface area contributed by atoms with E-state index in [2.05, 4.69) is 47.1 Å². The van der Waals surface area contributed by atoms with Gasteiger partial charge in [0.1, 0.15) is 6.04 Å². The molecule has 6 nitrogen and oxygen atoms in total. The predicted octanol–water partition coefficient (Wildman–Crippen LogP) is 2.05. The first-order chi connectivity index (χ1) is 11.4. The van der Waals surface area contributed by atoms with Crippen molar-refractivity contribution in [2.75, 3.05) is 26.7 Å². The molecule has 1 saturated heterocycles. The van der Waals surface area contributed by atoms with Crippen LogP contribution in [0.4, 0.5) is 0 Å². The van der Waals surface area contributed by atoms with E-state index >= 15 is 0 Å². The van der Waals surface area contributed by atoms with Crippen molar-refractivity contribution < 1.29 is 9.32 Å². The second-order valence-electron chi connectivity index (χ2n) is 6.62. The minimum atomic E-state index is -0.0393. The highest BCUT2D eigenvalue weighted by molar-refractivity contribution is 5.79. The van der Waals surface area contributed by atoms with E-state index in [-0.39, 0.29) is 11.9 Å². The van der Waals surface area contributed by atoms with Gasteiger partial charge in [0, 0.05) is 19.6 Å². The maximum Gasteiger partial charge on any atom is 0.245 e. The van der Waals surface area contributed by atoms with Crippen LogP contribution < -0.4 is 0 Å². The molecule has 0 aliphatic carbocycles. The topological polar surface area (TPSA) is 62.5 Å². The average molecular weight is 328 g/mol. The first-order valence-electron chi connectivity index (χ1n) is 8.28. The lowest BCUT2D eigenvalue weighted by Gasteiger charge is -2.37. The Kier molecular flexibility index (Phi) is 4.66. The van der Waals surface area contributed by atoms with Crippen molar-refractivity contribution in [1.82, 2.24) is 19.9 Å². The fourth-order valence-corrected chi connectivity index (χ4v) is 3.08. The Labute approximate surface area is 142 Å². The summed E-state index contributed by atoms with van der Waals surface area (Å²) in [5.41, 5.74) is 3.44. The average Bonchev–Trinajstić information content (AvgIpc) is 2.97. The number of benzene rings is 1. The van der Waals surface area contributed by atoms with Crippen molar-refractivity contribution in [3.63, 3.8) is 0 Å². The highest BCUT2D eigenvalue weighted by Crippen LogP contribution is 2.23. The zero-order valence-electron chi connectivity index (χ0n) is 14.7. The summed E-state index contributed by atoms with van der Waals surface area (Å²) in [5.74, 6) is 1.36. The molecule has 1 atom stereocenters. The molecule has 2 heterocycles. The summed E-state index contributed by atoms with van der Waals surface area (Å²) in [6.45, 7) is 8.02. The van der Waals surface area contributed by atoms with Crippen molar-refractivity contribution in [3.8, 4) is 0 Å². The van der Waals surface area contributed by atoms with E-state index in [1.165, 1.54) is 5.56 Å². The Balaban J connectivity index is 1.72. The summed E-state index contributed by atoms with van der Waals surface area (Å²) in [6.07, 6.45) is 0.437. The van der Waals surface area contributed by atoms with Crippen molar-refractivity contribution in [2.45, 2.75) is 33.2 Å². The Hall–Kier alpha value is -2.21. The molecule has 1 aromatic heterocycles. The Morgan fingerprint density at radius 2 is 2.08 bits per heavy atom. The molecule has 1 fully saturated rings. The van der Waals surface area contributed by atoms with Gasteiger partial charge in [-0.3, -0.25) is 9.69 Å². The lowest BCUT2D eigenvalue weighted by atomic mass is 10.0. The third kappa shape index (κ3) is 3.48. The van der Waals surface area contributed by atoms with Gasteiger partial charge in [-0.05, 0) is 38.9 Å². The van der Waals surface area contributed by atoms with Gasteiger partial charge in [-0.2, -0.15) is 4.98 Å². The molecule has 0 bridgehead atoms. The number of amides is 1. The number of aromatic nitrogens is 2. The van der Waals surface area contributed by atoms with E-state index in [4.69, 9.17) is 4.52 Å². The molecule has 3 rings (SSSR count). The van der Waals surface area contributed by atoms with Crippen molar-refractivity contribution in [1.29, 1.82) is 0 Å². The van der Waals surface area contributed by atoms with Crippen LogP contribution in [0.5, 0.6) is 0 Å². The van der Waals surface area contributed by atoms with Crippen LogP contribution in [-0.4, -0.2) is 52.5 Å². The van der Waals surface area contributed by atoms with Crippen LogP contribution >= 0.6 is 0 Å². The number of likely N-dealkylation sites (N-methyl/N-ethyl adjacent to an activating group) is 1. The smallest absolute Gasteiger partial charge is 0.245 e. The maximum absolute atomic E-state index is 12.8. The lowest BCUT2D eigenvalue weighted by Crippen LogP contribution is -2.49. The first-order valence-corrected chi connectivity index (χ1v) is 8.28. The second kappa shape index (κ2) is 6.73. The molecule has 6 heteroatoms.